The van der Waals surface area contributed by atoms with Crippen LogP contribution in [0.3, 0.4) is 0 Å². The number of nitrogens with one attached hydrogen (secondary N) is 1. The zero-order valence-electron chi connectivity index (χ0n) is 18.6. The summed E-state index contributed by atoms with van der Waals surface area (Å²) in [5, 5.41) is 3.60. The van der Waals surface area contributed by atoms with Gasteiger partial charge in [0, 0.05) is 36.4 Å². The number of rotatable bonds is 7. The predicted molar refractivity (Wildman–Crippen MR) is 127 cm³/mol. The first-order valence-electron chi connectivity index (χ1n) is 11.2. The summed E-state index contributed by atoms with van der Waals surface area (Å²) in [5.41, 5.74) is -0.182. The van der Waals surface area contributed by atoms with Crippen molar-refractivity contribution in [3.63, 3.8) is 0 Å². The molecule has 4 rings (SSSR count). The Bertz CT molecular complexity index is 1260. The topological polar surface area (TPSA) is 102 Å². The molecule has 0 radical (unpaired) electrons. The van der Waals surface area contributed by atoms with E-state index in [1.807, 2.05) is 0 Å². The van der Waals surface area contributed by atoms with Crippen molar-refractivity contribution in [1.29, 1.82) is 0 Å². The highest BCUT2D eigenvalue weighted by atomic mass is 35.5. The zero-order valence-corrected chi connectivity index (χ0v) is 19.3. The van der Waals surface area contributed by atoms with Crippen LogP contribution in [-0.4, -0.2) is 56.1 Å². The molecule has 0 unspecified atom stereocenters. The second-order valence-electron chi connectivity index (χ2n) is 8.11. The smallest absolute Gasteiger partial charge is 0.333 e. The van der Waals surface area contributed by atoms with Crippen molar-refractivity contribution in [2.45, 2.75) is 39.3 Å². The van der Waals surface area contributed by atoms with Crippen LogP contribution in [0.5, 0.6) is 0 Å². The number of carbonyl (C=O) groups excluding carboxylic acids is 1. The number of piperidine rings is 1. The Morgan fingerprint density at radius 2 is 1.82 bits per heavy atom. The number of halogens is 1. The summed E-state index contributed by atoms with van der Waals surface area (Å²) in [7, 11) is 0. The first-order valence-corrected chi connectivity index (χ1v) is 11.6. The van der Waals surface area contributed by atoms with Crippen LogP contribution in [0, 0.1) is 0 Å². The van der Waals surface area contributed by atoms with Crippen molar-refractivity contribution in [3.05, 3.63) is 56.3 Å². The van der Waals surface area contributed by atoms with Gasteiger partial charge in [-0.25, -0.2) is 14.8 Å². The minimum Gasteiger partial charge on any atom is -0.353 e. The Kier molecular flexibility index (Phi) is 7.20. The van der Waals surface area contributed by atoms with Crippen molar-refractivity contribution >= 4 is 28.5 Å². The van der Waals surface area contributed by atoms with Crippen LogP contribution >= 0.6 is 11.6 Å². The minimum atomic E-state index is -0.575. The molecule has 33 heavy (non-hydrogen) atoms. The van der Waals surface area contributed by atoms with Crippen molar-refractivity contribution in [3.8, 4) is 11.4 Å². The summed E-state index contributed by atoms with van der Waals surface area (Å²) in [6, 6.07) is 6.99. The van der Waals surface area contributed by atoms with E-state index in [-0.39, 0.29) is 23.5 Å². The Morgan fingerprint density at radius 1 is 1.09 bits per heavy atom. The first-order chi connectivity index (χ1) is 16.0. The van der Waals surface area contributed by atoms with Crippen LogP contribution in [-0.2, 0) is 17.9 Å². The molecule has 9 nitrogen and oxygen atoms in total. The number of carbonyl (C=O) groups is 1. The van der Waals surface area contributed by atoms with Crippen molar-refractivity contribution in [2.24, 2.45) is 0 Å². The van der Waals surface area contributed by atoms with Gasteiger partial charge in [0.25, 0.3) is 5.56 Å². The summed E-state index contributed by atoms with van der Waals surface area (Å²) >= 11 is 5.95. The van der Waals surface area contributed by atoms with Crippen molar-refractivity contribution in [2.75, 3.05) is 26.2 Å². The Balaban J connectivity index is 1.58. The van der Waals surface area contributed by atoms with Gasteiger partial charge in [-0.05, 0) is 57.1 Å². The number of likely N-dealkylation sites (tertiary alicyclic amines) is 1. The van der Waals surface area contributed by atoms with E-state index in [9.17, 15) is 14.4 Å². The monoisotopic (exact) mass is 470 g/mol. The van der Waals surface area contributed by atoms with Crippen LogP contribution in [0.2, 0.25) is 5.02 Å². The second-order valence-corrected chi connectivity index (χ2v) is 8.54. The van der Waals surface area contributed by atoms with E-state index >= 15 is 0 Å². The highest BCUT2D eigenvalue weighted by Crippen LogP contribution is 2.19. The highest BCUT2D eigenvalue weighted by molar-refractivity contribution is 6.30. The van der Waals surface area contributed by atoms with E-state index in [0.29, 0.717) is 29.5 Å². The molecule has 0 aliphatic carbocycles. The zero-order chi connectivity index (χ0) is 23.4. The minimum absolute atomic E-state index is 0.190. The summed E-state index contributed by atoms with van der Waals surface area (Å²) in [6.45, 7) is 5.07. The largest absolute Gasteiger partial charge is 0.353 e. The van der Waals surface area contributed by atoms with Crippen LogP contribution in [0.25, 0.3) is 22.4 Å². The molecule has 3 aromatic rings. The maximum Gasteiger partial charge on any atom is 0.333 e. The third-order valence-corrected chi connectivity index (χ3v) is 6.13. The van der Waals surface area contributed by atoms with Gasteiger partial charge in [0.15, 0.2) is 11.5 Å². The molecule has 0 atom stereocenters. The fourth-order valence-corrected chi connectivity index (χ4v) is 4.22. The molecular weight excluding hydrogens is 444 g/mol. The van der Waals surface area contributed by atoms with Crippen LogP contribution in [0.1, 0.15) is 26.2 Å². The quantitative estimate of drug-likeness (QED) is 0.565. The lowest BCUT2D eigenvalue weighted by atomic mass is 10.1. The summed E-state index contributed by atoms with van der Waals surface area (Å²) in [5.74, 6) is 0.0142. The molecular formula is C23H27ClN6O3. The molecule has 2 aromatic heterocycles. The molecule has 0 bridgehead atoms. The van der Waals surface area contributed by atoms with Gasteiger partial charge in [-0.2, -0.15) is 0 Å². The molecule has 1 fully saturated rings. The molecule has 1 saturated heterocycles. The first kappa shape index (κ1) is 23.1. The lowest BCUT2D eigenvalue weighted by molar-refractivity contribution is -0.121. The standard InChI is InChI=1S/C23H27ClN6O3/c1-2-29-21-18(14-26-20(27-21)16-6-8-17(24)9-7-16)22(32)30(23(29)33)15-19(31)25-10-13-28-11-4-3-5-12-28/h6-9,14H,2-5,10-13,15H2,1H3,(H,25,31). The van der Waals surface area contributed by atoms with Gasteiger partial charge in [-0.1, -0.05) is 18.0 Å². The third kappa shape index (κ3) is 5.15. The Hall–Kier alpha value is -3.04. The number of aryl methyl sites for hydroxylation is 1. The van der Waals surface area contributed by atoms with Gasteiger partial charge in [-0.3, -0.25) is 18.7 Å². The number of aromatic nitrogens is 4. The van der Waals surface area contributed by atoms with E-state index in [0.717, 1.165) is 24.2 Å². The Morgan fingerprint density at radius 3 is 2.52 bits per heavy atom. The van der Waals surface area contributed by atoms with Crippen LogP contribution in [0.4, 0.5) is 0 Å². The van der Waals surface area contributed by atoms with Gasteiger partial charge in [0.2, 0.25) is 5.91 Å². The second kappa shape index (κ2) is 10.3. The predicted octanol–water partition coefficient (Wildman–Crippen LogP) is 1.90. The number of benzene rings is 1. The molecule has 1 aromatic carbocycles. The lowest BCUT2D eigenvalue weighted by Gasteiger charge is -2.26. The SMILES string of the molecule is CCn1c(=O)n(CC(=O)NCCN2CCCCC2)c(=O)c2cnc(-c3ccc(Cl)cc3)nc21. The van der Waals surface area contributed by atoms with E-state index in [1.165, 1.54) is 30.0 Å². The van der Waals surface area contributed by atoms with Gasteiger partial charge >= 0.3 is 5.69 Å². The van der Waals surface area contributed by atoms with Gasteiger partial charge in [0.1, 0.15) is 11.9 Å². The van der Waals surface area contributed by atoms with E-state index in [4.69, 9.17) is 11.6 Å². The highest BCUT2D eigenvalue weighted by Gasteiger charge is 2.17. The fourth-order valence-electron chi connectivity index (χ4n) is 4.10. The molecule has 10 heteroatoms. The molecule has 1 amide bonds. The number of nitrogens with zero attached hydrogens (tertiary/aromatic N) is 5. The van der Waals surface area contributed by atoms with E-state index < -0.39 is 11.2 Å². The summed E-state index contributed by atoms with van der Waals surface area (Å²) in [6.07, 6.45) is 5.02. The summed E-state index contributed by atoms with van der Waals surface area (Å²) < 4.78 is 2.34. The number of hydrogen-bond acceptors (Lipinski definition) is 6. The molecule has 174 valence electrons. The third-order valence-electron chi connectivity index (χ3n) is 5.88. The molecule has 0 spiro atoms. The summed E-state index contributed by atoms with van der Waals surface area (Å²) in [4.78, 5) is 49.7. The van der Waals surface area contributed by atoms with Crippen LogP contribution in [0.15, 0.2) is 40.1 Å². The maximum atomic E-state index is 13.0. The number of fused-ring (bicyclic) bond motifs is 1. The average Bonchev–Trinajstić information content (AvgIpc) is 2.83. The lowest BCUT2D eigenvalue weighted by Crippen LogP contribution is -2.45. The molecule has 0 saturated carbocycles. The molecule has 1 N–H and O–H groups in total. The fraction of sp³-hybridized carbons (Fsp3) is 0.435. The molecule has 3 heterocycles. The number of amides is 1. The average molecular weight is 471 g/mol. The van der Waals surface area contributed by atoms with Gasteiger partial charge < -0.3 is 10.2 Å². The molecule has 1 aliphatic heterocycles. The van der Waals surface area contributed by atoms with E-state index in [1.54, 1.807) is 31.2 Å². The van der Waals surface area contributed by atoms with Gasteiger partial charge in [-0.15, -0.1) is 0 Å². The molecule has 1 aliphatic rings. The number of hydrogen-bond donors (Lipinski definition) is 1. The normalized spacial score (nSPS) is 14.5. The van der Waals surface area contributed by atoms with Gasteiger partial charge in [0.05, 0.1) is 0 Å². The maximum absolute atomic E-state index is 13.0. The van der Waals surface area contributed by atoms with E-state index in [2.05, 4.69) is 20.2 Å². The van der Waals surface area contributed by atoms with Crippen molar-refractivity contribution in [1.82, 2.24) is 29.3 Å². The Labute approximate surface area is 196 Å². The van der Waals surface area contributed by atoms with Crippen molar-refractivity contribution < 1.29 is 4.79 Å². The van der Waals surface area contributed by atoms with Crippen LogP contribution < -0.4 is 16.6 Å².